The Morgan fingerprint density at radius 3 is 2.43 bits per heavy atom. The summed E-state index contributed by atoms with van der Waals surface area (Å²) >= 11 is 0. The molecular weight excluding hydrogens is 391 g/mol. The van der Waals surface area contributed by atoms with Crippen LogP contribution >= 0.6 is 0 Å². The predicted molar refractivity (Wildman–Crippen MR) is 106 cm³/mol. The van der Waals surface area contributed by atoms with E-state index in [0.717, 1.165) is 48.2 Å². The number of hydrogen-bond acceptors (Lipinski definition) is 4. The van der Waals surface area contributed by atoms with Crippen LogP contribution in [0.2, 0.25) is 0 Å². The van der Waals surface area contributed by atoms with Crippen LogP contribution in [0.15, 0.2) is 54.6 Å². The molecule has 30 heavy (non-hydrogen) atoms. The minimum atomic E-state index is -4.66. The molecular formula is C23H18F3N3O. The summed E-state index contributed by atoms with van der Waals surface area (Å²) < 4.78 is 40.8. The standard InChI is InChI=1S/C23H18F3N3O/c24-23(25,26)30-19-5-2-16(3-6-19)18-10-22(11-18)13-29(14-22)21-8-4-17-9-15(12-27)1-7-20(17)28-21/h1-9,18H,10-11,13-14H2. The number of hydrogen-bond donors (Lipinski definition) is 0. The second-order valence-electron chi connectivity index (χ2n) is 8.27. The van der Waals surface area contributed by atoms with E-state index >= 15 is 0 Å². The fraction of sp³-hybridized carbons (Fsp3) is 0.304. The van der Waals surface area contributed by atoms with Gasteiger partial charge in [0.05, 0.1) is 17.1 Å². The van der Waals surface area contributed by atoms with E-state index in [0.29, 0.717) is 11.5 Å². The highest BCUT2D eigenvalue weighted by Crippen LogP contribution is 2.56. The molecule has 0 unspecified atom stereocenters. The van der Waals surface area contributed by atoms with Gasteiger partial charge in [-0.25, -0.2) is 4.98 Å². The molecule has 2 aromatic carbocycles. The number of ether oxygens (including phenoxy) is 1. The SMILES string of the molecule is N#Cc1ccc2nc(N3CC4(CC(c5ccc(OC(F)(F)F)cc5)C4)C3)ccc2c1. The molecule has 0 radical (unpaired) electrons. The molecule has 2 fully saturated rings. The lowest BCUT2D eigenvalue weighted by atomic mass is 9.56. The van der Waals surface area contributed by atoms with Crippen molar-refractivity contribution in [1.82, 2.24) is 4.98 Å². The Morgan fingerprint density at radius 1 is 1.03 bits per heavy atom. The van der Waals surface area contributed by atoms with Crippen molar-refractivity contribution in [2.45, 2.75) is 25.1 Å². The van der Waals surface area contributed by atoms with Crippen molar-refractivity contribution in [3.63, 3.8) is 0 Å². The number of halogens is 3. The van der Waals surface area contributed by atoms with Crippen LogP contribution in [0.4, 0.5) is 19.0 Å². The van der Waals surface area contributed by atoms with E-state index in [2.05, 4.69) is 15.7 Å². The zero-order chi connectivity index (χ0) is 20.9. The van der Waals surface area contributed by atoms with Crippen LogP contribution in [0.5, 0.6) is 5.75 Å². The average molecular weight is 409 g/mol. The largest absolute Gasteiger partial charge is 0.573 e. The van der Waals surface area contributed by atoms with Crippen LogP contribution in [-0.2, 0) is 0 Å². The van der Waals surface area contributed by atoms with Gasteiger partial charge in [0.2, 0.25) is 0 Å². The van der Waals surface area contributed by atoms with E-state index in [1.54, 1.807) is 18.2 Å². The molecule has 0 atom stereocenters. The highest BCUT2D eigenvalue weighted by Gasteiger charge is 2.52. The predicted octanol–water partition coefficient (Wildman–Crippen LogP) is 5.39. The van der Waals surface area contributed by atoms with Crippen LogP contribution in [0, 0.1) is 16.7 Å². The first-order valence-electron chi connectivity index (χ1n) is 9.74. The molecule has 2 heterocycles. The van der Waals surface area contributed by atoms with E-state index in [1.807, 2.05) is 24.3 Å². The van der Waals surface area contributed by atoms with Crippen molar-refractivity contribution < 1.29 is 17.9 Å². The Kier molecular flexibility index (Phi) is 4.14. The Morgan fingerprint density at radius 2 is 1.77 bits per heavy atom. The molecule has 1 aromatic heterocycles. The van der Waals surface area contributed by atoms with Gasteiger partial charge in [-0.2, -0.15) is 5.26 Å². The molecule has 0 N–H and O–H groups in total. The fourth-order valence-corrected chi connectivity index (χ4v) is 4.71. The first-order chi connectivity index (χ1) is 14.3. The molecule has 152 valence electrons. The van der Waals surface area contributed by atoms with Crippen LogP contribution in [0.25, 0.3) is 10.9 Å². The summed E-state index contributed by atoms with van der Waals surface area (Å²) in [6.45, 7) is 1.88. The van der Waals surface area contributed by atoms with E-state index in [9.17, 15) is 13.2 Å². The van der Waals surface area contributed by atoms with E-state index < -0.39 is 6.36 Å². The van der Waals surface area contributed by atoms with E-state index in [-0.39, 0.29) is 11.2 Å². The smallest absolute Gasteiger partial charge is 0.406 e. The number of benzene rings is 2. The van der Waals surface area contributed by atoms with Gasteiger partial charge in [-0.1, -0.05) is 12.1 Å². The topological polar surface area (TPSA) is 49.2 Å². The minimum absolute atomic E-state index is 0.181. The number of alkyl halides is 3. The highest BCUT2D eigenvalue weighted by atomic mass is 19.4. The highest BCUT2D eigenvalue weighted by molar-refractivity contribution is 5.82. The monoisotopic (exact) mass is 409 g/mol. The lowest BCUT2D eigenvalue weighted by Gasteiger charge is -2.59. The van der Waals surface area contributed by atoms with Crippen LogP contribution in [0.1, 0.15) is 29.9 Å². The molecule has 0 bridgehead atoms. The number of aromatic nitrogens is 1. The van der Waals surface area contributed by atoms with Gasteiger partial charge in [-0.15, -0.1) is 13.2 Å². The lowest BCUT2D eigenvalue weighted by molar-refractivity contribution is -0.274. The molecule has 5 rings (SSSR count). The Bertz CT molecular complexity index is 1140. The van der Waals surface area contributed by atoms with E-state index in [4.69, 9.17) is 10.2 Å². The summed E-state index contributed by atoms with van der Waals surface area (Å²) in [5, 5.41) is 9.96. The molecule has 7 heteroatoms. The summed E-state index contributed by atoms with van der Waals surface area (Å²) in [6.07, 6.45) is -2.60. The maximum absolute atomic E-state index is 12.3. The fourth-order valence-electron chi connectivity index (χ4n) is 4.71. The van der Waals surface area contributed by atoms with Gasteiger partial charge in [0.15, 0.2) is 0 Å². The summed E-state index contributed by atoms with van der Waals surface area (Å²) in [6, 6.07) is 17.9. The third kappa shape index (κ3) is 3.43. The zero-order valence-electron chi connectivity index (χ0n) is 16.0. The lowest BCUT2D eigenvalue weighted by Crippen LogP contribution is -2.62. The quantitative estimate of drug-likeness (QED) is 0.582. The van der Waals surface area contributed by atoms with Gasteiger partial charge in [-0.05, 0) is 66.8 Å². The van der Waals surface area contributed by atoms with Gasteiger partial charge in [0.25, 0.3) is 0 Å². The van der Waals surface area contributed by atoms with Crippen molar-refractivity contribution in [3.8, 4) is 11.8 Å². The summed E-state index contributed by atoms with van der Waals surface area (Å²) in [4.78, 5) is 6.98. The molecule has 0 amide bonds. The van der Waals surface area contributed by atoms with Crippen molar-refractivity contribution in [2.24, 2.45) is 5.41 Å². The molecule has 4 nitrogen and oxygen atoms in total. The zero-order valence-corrected chi connectivity index (χ0v) is 16.0. The van der Waals surface area contributed by atoms with Gasteiger partial charge < -0.3 is 9.64 Å². The number of fused-ring (bicyclic) bond motifs is 1. The molecule has 1 spiro atoms. The maximum atomic E-state index is 12.3. The van der Waals surface area contributed by atoms with Crippen LogP contribution < -0.4 is 9.64 Å². The summed E-state index contributed by atoms with van der Waals surface area (Å²) in [5.74, 6) is 1.13. The minimum Gasteiger partial charge on any atom is -0.406 e. The van der Waals surface area contributed by atoms with Crippen LogP contribution in [-0.4, -0.2) is 24.4 Å². The van der Waals surface area contributed by atoms with Crippen molar-refractivity contribution in [3.05, 3.63) is 65.7 Å². The van der Waals surface area contributed by atoms with E-state index in [1.165, 1.54) is 12.1 Å². The first-order valence-corrected chi connectivity index (χ1v) is 9.74. The first kappa shape index (κ1) is 18.7. The van der Waals surface area contributed by atoms with Gasteiger partial charge in [-0.3, -0.25) is 0 Å². The van der Waals surface area contributed by atoms with Crippen molar-refractivity contribution >= 4 is 16.7 Å². The normalized spacial score (nSPS) is 18.0. The second-order valence-corrected chi connectivity index (χ2v) is 8.27. The maximum Gasteiger partial charge on any atom is 0.573 e. The van der Waals surface area contributed by atoms with Crippen LogP contribution in [0.3, 0.4) is 0 Å². The molecule has 1 aliphatic carbocycles. The Labute approximate surface area is 171 Å². The number of anilines is 1. The van der Waals surface area contributed by atoms with Gasteiger partial charge in [0.1, 0.15) is 11.6 Å². The second kappa shape index (κ2) is 6.63. The van der Waals surface area contributed by atoms with Crippen molar-refractivity contribution in [2.75, 3.05) is 18.0 Å². The molecule has 3 aromatic rings. The number of rotatable bonds is 3. The van der Waals surface area contributed by atoms with Gasteiger partial charge in [0, 0.05) is 23.9 Å². The Balaban J connectivity index is 1.20. The average Bonchev–Trinajstić information content (AvgIpc) is 2.65. The summed E-state index contributed by atoms with van der Waals surface area (Å²) in [7, 11) is 0. The van der Waals surface area contributed by atoms with Gasteiger partial charge >= 0.3 is 6.36 Å². The number of pyridine rings is 1. The molecule has 1 saturated heterocycles. The molecule has 1 aliphatic heterocycles. The Hall–Kier alpha value is -3.27. The number of nitriles is 1. The molecule has 2 aliphatic rings. The molecule has 1 saturated carbocycles. The third-order valence-corrected chi connectivity index (χ3v) is 6.12. The number of nitrogens with zero attached hydrogens (tertiary/aromatic N) is 3. The van der Waals surface area contributed by atoms with Crippen molar-refractivity contribution in [1.29, 1.82) is 5.26 Å². The third-order valence-electron chi connectivity index (χ3n) is 6.12. The summed E-state index contributed by atoms with van der Waals surface area (Å²) in [5.41, 5.74) is 2.83.